The van der Waals surface area contributed by atoms with Crippen LogP contribution in [0.3, 0.4) is 0 Å². The molecule has 2 aliphatic carbocycles. The number of rotatable bonds is 12. The van der Waals surface area contributed by atoms with E-state index in [1.807, 2.05) is 20.8 Å². The third-order valence-corrected chi connectivity index (χ3v) is 26.8. The Balaban J connectivity index is 0.000000173. The third-order valence-electron chi connectivity index (χ3n) is 23.9. The second kappa shape index (κ2) is 28.1. The van der Waals surface area contributed by atoms with E-state index in [2.05, 4.69) is 148 Å². The number of aliphatic hydroxyl groups is 1. The quantitative estimate of drug-likeness (QED) is 0.0672. The van der Waals surface area contributed by atoms with Gasteiger partial charge in [-0.15, -0.1) is 0 Å². The van der Waals surface area contributed by atoms with Gasteiger partial charge in [0.15, 0.2) is 41.2 Å². The molecule has 5 aromatic rings. The number of Topliss-reactive ketones (excluding diaryl/α,β-unsaturated/α-hetero) is 1. The van der Waals surface area contributed by atoms with Crippen LogP contribution < -0.4 is 14.2 Å². The van der Waals surface area contributed by atoms with E-state index in [0.717, 1.165) is 45.7 Å². The van der Waals surface area contributed by atoms with E-state index in [1.165, 1.54) is 55.6 Å². The maximum atomic E-state index is 14.3. The maximum Gasteiger partial charge on any atom is 0.309 e. The molecule has 19 nitrogen and oxygen atoms in total. The first-order valence-electron chi connectivity index (χ1n) is 35.2. The van der Waals surface area contributed by atoms with E-state index in [9.17, 15) is 35.1 Å². The van der Waals surface area contributed by atoms with Crippen molar-refractivity contribution in [1.29, 1.82) is 10.5 Å². The van der Waals surface area contributed by atoms with Gasteiger partial charge in [-0.1, -0.05) is 81.4 Å². The number of nitrogens with zero attached hydrogens (tertiary/aromatic N) is 6. The van der Waals surface area contributed by atoms with Crippen LogP contribution in [0.25, 0.3) is 11.1 Å². The summed E-state index contributed by atoms with van der Waals surface area (Å²) in [5, 5.41) is 46.2. The monoisotopic (exact) mass is 1620 g/mol. The Hall–Kier alpha value is -6.13. The van der Waals surface area contributed by atoms with Crippen LogP contribution in [0, 0.1) is 120 Å². The first-order chi connectivity index (χ1) is 48.1. The molecule has 0 aromatic heterocycles. The molecule has 1 radical (unpaired) electrons. The Morgan fingerprint density at radius 2 is 1.40 bits per heavy atom. The molecule has 0 amide bonds. The molecule has 16 rings (SSSR count). The molecule has 5 aromatic carbocycles. The number of cyclic esters (lactones) is 1. The number of likely N-dealkylation sites (N-methyl/N-ethyl adjacent to an activating group) is 2. The molecule has 11 aliphatic rings. The molecule has 5 saturated heterocycles. The SMILES string of the molecule is CC1=C2OCOC2=C2[C@H](COC(=O)[C@H](C)CSCC3c4ccccc4-c4ccccc43)N3C(CC2(O)C1=O)[C@H]1c2c(cc(C)c(C)c2C)C[C@@H]([C@@H]3C#N)N1C.CCCOCOc1c(C)c(C)cc2c1[C@@H]1C3[C@@H]4SC[C@H](C)C(=O)OC[C@@H](c5c6c(c(C)c(O)c54)OCO6)N3[C@@H](C#N)[C@H](C2)N1C.[Ac]. The Morgan fingerprint density at radius 3 is 2.08 bits per heavy atom. The first kappa shape index (κ1) is 71.8. The van der Waals surface area contributed by atoms with E-state index in [4.69, 9.17) is 37.9 Å². The number of piperazine rings is 2. The number of ether oxygens (including phenoxy) is 8. The molecule has 9 aliphatic heterocycles. The largest absolute Gasteiger partial charge is 0.507 e. The summed E-state index contributed by atoms with van der Waals surface area (Å²) in [6.07, 6.45) is 2.32. The molecule has 2 N–H and O–H groups in total. The average molecular weight is 1620 g/mol. The van der Waals surface area contributed by atoms with Gasteiger partial charge in [0.25, 0.3) is 0 Å². The molecule has 101 heavy (non-hydrogen) atoms. The van der Waals surface area contributed by atoms with Crippen LogP contribution in [0.5, 0.6) is 23.0 Å². The summed E-state index contributed by atoms with van der Waals surface area (Å²) in [4.78, 5) is 50.3. The smallest absolute Gasteiger partial charge is 0.309 e. The third kappa shape index (κ3) is 11.4. The molecular formula is C79H88AcN6O13S2. The number of phenols is 1. The van der Waals surface area contributed by atoms with Crippen molar-refractivity contribution in [2.75, 3.05) is 71.6 Å². The number of esters is 2. The number of benzene rings is 5. The Morgan fingerprint density at radius 1 is 0.772 bits per heavy atom. The van der Waals surface area contributed by atoms with Crippen molar-refractivity contribution in [3.8, 4) is 46.3 Å². The van der Waals surface area contributed by atoms with Gasteiger partial charge in [0.1, 0.15) is 36.8 Å². The van der Waals surface area contributed by atoms with Crippen LogP contribution in [0.1, 0.15) is 148 Å². The van der Waals surface area contributed by atoms with E-state index >= 15 is 0 Å². The molecule has 0 spiro atoms. The summed E-state index contributed by atoms with van der Waals surface area (Å²) in [6, 6.07) is 23.1. The number of thioether (sulfide) groups is 2. The summed E-state index contributed by atoms with van der Waals surface area (Å²) in [5.74, 6) is 3.07. The summed E-state index contributed by atoms with van der Waals surface area (Å²) in [6.45, 7) is 20.6. The van der Waals surface area contributed by atoms with Gasteiger partial charge in [-0.25, -0.2) is 0 Å². The molecular weight excluding hydrogens is 1530 g/mol. The number of carbonyl (C=O) groups is 3. The fraction of sp³-hybridized carbons (Fsp3) is 0.506. The van der Waals surface area contributed by atoms with E-state index in [1.54, 1.807) is 30.4 Å². The van der Waals surface area contributed by atoms with Crippen LogP contribution in [0.2, 0.25) is 0 Å². The number of piperidine rings is 1. The van der Waals surface area contributed by atoms with Crippen LogP contribution >= 0.6 is 23.5 Å². The van der Waals surface area contributed by atoms with Gasteiger partial charge in [-0.3, -0.25) is 34.0 Å². The van der Waals surface area contributed by atoms with E-state index in [-0.39, 0.29) is 149 Å². The first-order valence-corrected chi connectivity index (χ1v) is 37.4. The molecule has 9 heterocycles. The molecule has 6 bridgehead atoms. The van der Waals surface area contributed by atoms with Gasteiger partial charge in [-0.2, -0.15) is 34.0 Å². The van der Waals surface area contributed by atoms with Crippen molar-refractivity contribution in [2.24, 2.45) is 11.8 Å². The van der Waals surface area contributed by atoms with Gasteiger partial charge in [0, 0.05) is 131 Å². The van der Waals surface area contributed by atoms with Gasteiger partial charge < -0.3 is 48.1 Å². The topological polar surface area (TPSA) is 226 Å². The van der Waals surface area contributed by atoms with Crippen molar-refractivity contribution in [2.45, 2.75) is 172 Å². The fourth-order valence-corrected chi connectivity index (χ4v) is 21.5. The number of aryl methyl sites for hydroxylation is 2. The van der Waals surface area contributed by atoms with E-state index in [0.29, 0.717) is 70.7 Å². The Labute approximate surface area is 635 Å². The van der Waals surface area contributed by atoms with Gasteiger partial charge in [0.05, 0.1) is 60.0 Å². The van der Waals surface area contributed by atoms with Crippen molar-refractivity contribution in [3.05, 3.63) is 161 Å². The fourth-order valence-electron chi connectivity index (χ4n) is 18.7. The number of hydrogen-bond donors (Lipinski definition) is 2. The number of hydrogen-bond acceptors (Lipinski definition) is 21. The number of fused-ring (bicyclic) bond motifs is 20. The minimum Gasteiger partial charge on any atom is -0.507 e. The number of carbonyl (C=O) groups excluding carboxylic acids is 3. The second-order valence-corrected chi connectivity index (χ2v) is 31.5. The van der Waals surface area contributed by atoms with Crippen LogP contribution in [-0.4, -0.2) is 167 Å². The molecule has 14 atom stereocenters. The summed E-state index contributed by atoms with van der Waals surface area (Å²) in [5.41, 5.74) is 16.6. The predicted octanol–water partition coefficient (Wildman–Crippen LogP) is 11.4. The van der Waals surface area contributed by atoms with Crippen molar-refractivity contribution in [3.63, 3.8) is 0 Å². The van der Waals surface area contributed by atoms with Crippen molar-refractivity contribution in [1.82, 2.24) is 19.6 Å². The number of nitriles is 2. The van der Waals surface area contributed by atoms with E-state index < -0.39 is 47.5 Å². The zero-order valence-electron chi connectivity index (χ0n) is 59.5. The Kier molecular flexibility index (Phi) is 20.0. The summed E-state index contributed by atoms with van der Waals surface area (Å²) < 4.78 is 48.3. The zero-order chi connectivity index (χ0) is 70.2. The van der Waals surface area contributed by atoms with Gasteiger partial charge in [-0.05, 0) is 149 Å². The maximum absolute atomic E-state index is 14.3. The molecule has 22 heteroatoms. The number of aromatic hydroxyl groups is 1. The minimum absolute atomic E-state index is 0. The standard InChI is InChI=1S/C45H47N3O6S.C34H41N3O7S.Ac/c1-23-15-28-16-34-36(18-46)48-35(40(47(34)6)38(28)26(4)25(23)3)17-45(51)39(42-41(53-22-54-42)27(5)43(45)49)37(48)19-52-44(50)24(2)20-55-21-33-31-13-9-7-11-29(31)30-12-8-10-14-32(30)33;1-7-8-40-14-42-30-18(4)16(2)9-20-10-21-22(11-35)37-23-12-41-34(39)17(3)13-45-33(28(37)27(24(20)30)36(21)6)26-25(23)32-31(43-15-44-32)19(5)29(26)38;/h7-15,24,33-37,40,51H,16-17,19-22H2,1-6H3;9,17,21-23,27-28,33,38H,7-8,10,12-15H2,1-6H3;/t24-,34+,35?,36+,37+,40+,45?;17-,21-,22-,23-,27+,28?,33+;/m10./s1. The van der Waals surface area contributed by atoms with Crippen LogP contribution in [0.15, 0.2) is 83.3 Å². The van der Waals surface area contributed by atoms with Crippen LogP contribution in [0.4, 0.5) is 0 Å². The van der Waals surface area contributed by atoms with Crippen molar-refractivity contribution < 1.29 is 107 Å². The minimum atomic E-state index is -1.93. The molecule has 527 valence electrons. The number of phenolic OH excluding ortho intramolecular Hbond substituents is 1. The van der Waals surface area contributed by atoms with Crippen LogP contribution in [-0.2, 0) is 50.9 Å². The normalized spacial score (nSPS) is 29.0. The number of ketones is 1. The average Bonchev–Trinajstić information content (AvgIpc) is 1.66. The molecule has 0 saturated carbocycles. The summed E-state index contributed by atoms with van der Waals surface area (Å²) in [7, 11) is 4.17. The Bertz CT molecular complexity index is 4350. The second-order valence-electron chi connectivity index (χ2n) is 29.2. The van der Waals surface area contributed by atoms with Gasteiger partial charge >= 0.3 is 11.9 Å². The predicted molar refractivity (Wildman–Crippen MR) is 378 cm³/mol. The van der Waals surface area contributed by atoms with Gasteiger partial charge in [0.2, 0.25) is 13.6 Å². The van der Waals surface area contributed by atoms with Crippen molar-refractivity contribution >= 4 is 41.2 Å². The summed E-state index contributed by atoms with van der Waals surface area (Å²) >= 11 is 3.38. The zero-order valence-corrected chi connectivity index (χ0v) is 65.9. The molecule has 5 fully saturated rings. The molecule has 3 unspecified atom stereocenters.